The molecule has 0 heterocycles. The van der Waals surface area contributed by atoms with Crippen molar-refractivity contribution in [1.82, 2.24) is 0 Å². The van der Waals surface area contributed by atoms with E-state index in [2.05, 4.69) is 0 Å². The molecule has 0 fully saturated rings. The third-order valence-corrected chi connectivity index (χ3v) is 4.11. The molecule has 1 aliphatic rings. The van der Waals surface area contributed by atoms with Crippen LogP contribution in [0.15, 0.2) is 42.5 Å². The number of fused-ring (bicyclic) bond motifs is 1. The minimum Gasteiger partial charge on any atom is -0.548 e. The highest BCUT2D eigenvalue weighted by atomic mass is 19.1. The number of anilines is 1. The maximum absolute atomic E-state index is 13.0. The van der Waals surface area contributed by atoms with Crippen molar-refractivity contribution in [2.75, 3.05) is 11.4 Å². The predicted octanol–water partition coefficient (Wildman–Crippen LogP) is 1.20. The molecule has 0 saturated carbocycles. The highest BCUT2D eigenvalue weighted by Gasteiger charge is 2.24. The lowest BCUT2D eigenvalue weighted by Gasteiger charge is -2.24. The van der Waals surface area contributed by atoms with Gasteiger partial charge in [0.2, 0.25) is 0 Å². The quantitative estimate of drug-likeness (QED) is 0.914. The highest BCUT2D eigenvalue weighted by Crippen LogP contribution is 2.34. The average molecular weight is 328 g/mol. The number of hydrogen-bond acceptors (Lipinski definition) is 4. The van der Waals surface area contributed by atoms with E-state index >= 15 is 0 Å². The van der Waals surface area contributed by atoms with Gasteiger partial charge < -0.3 is 19.9 Å². The molecule has 0 aliphatic heterocycles. The molecular weight excluding hydrogens is 313 g/mol. The van der Waals surface area contributed by atoms with E-state index in [0.717, 1.165) is 29.0 Å². The smallest absolute Gasteiger partial charge is 0.258 e. The number of carbonyl (C=O) groups excluding carboxylic acids is 2. The van der Waals surface area contributed by atoms with Gasteiger partial charge in [0.05, 0.1) is 18.6 Å². The summed E-state index contributed by atoms with van der Waals surface area (Å²) in [5.41, 5.74) is 2.20. The molecule has 6 heteroatoms. The molecular formula is C18H15FNO4-. The molecule has 0 aromatic heterocycles. The first-order chi connectivity index (χ1) is 11.5. The molecule has 0 spiro atoms. The van der Waals surface area contributed by atoms with Crippen molar-refractivity contribution in [1.29, 1.82) is 0 Å². The summed E-state index contributed by atoms with van der Waals surface area (Å²) >= 11 is 0. The number of nitrogens with zero attached hydrogens (tertiary/aromatic N) is 1. The first kappa shape index (κ1) is 16.1. The summed E-state index contributed by atoms with van der Waals surface area (Å²) in [5.74, 6) is -2.48. The van der Waals surface area contributed by atoms with Gasteiger partial charge in [-0.15, -0.1) is 0 Å². The lowest BCUT2D eigenvalue weighted by atomic mass is 10.1. The second kappa shape index (κ2) is 6.41. The number of aliphatic hydroxyl groups excluding tert-OH is 1. The molecule has 1 atom stereocenters. The van der Waals surface area contributed by atoms with E-state index in [0.29, 0.717) is 17.7 Å². The average Bonchev–Trinajstić information content (AvgIpc) is 2.93. The minimum atomic E-state index is -1.41. The summed E-state index contributed by atoms with van der Waals surface area (Å²) in [4.78, 5) is 24.7. The van der Waals surface area contributed by atoms with E-state index in [1.54, 1.807) is 18.2 Å². The molecule has 124 valence electrons. The third-order valence-electron chi connectivity index (χ3n) is 4.11. The SMILES string of the molecule is O=C([O-])CN(C(=O)c1ccc(F)cc1)c1ccc2c(c1)C(O)CC2. The fraction of sp³-hybridized carbons (Fsp3) is 0.222. The molecule has 1 N–H and O–H groups in total. The minimum absolute atomic E-state index is 0.165. The Hall–Kier alpha value is -2.73. The van der Waals surface area contributed by atoms with Crippen molar-refractivity contribution < 1.29 is 24.2 Å². The van der Waals surface area contributed by atoms with Crippen molar-refractivity contribution in [3.8, 4) is 0 Å². The molecule has 0 radical (unpaired) electrons. The van der Waals surface area contributed by atoms with Crippen LogP contribution < -0.4 is 10.0 Å². The van der Waals surface area contributed by atoms with Gasteiger partial charge in [0, 0.05) is 11.3 Å². The van der Waals surface area contributed by atoms with Gasteiger partial charge in [-0.05, 0) is 60.4 Å². The Bertz CT molecular complexity index is 788. The Morgan fingerprint density at radius 3 is 2.58 bits per heavy atom. The Kier molecular flexibility index (Phi) is 4.31. The lowest BCUT2D eigenvalue weighted by Crippen LogP contribution is -2.41. The Labute approximate surface area is 138 Å². The van der Waals surface area contributed by atoms with Gasteiger partial charge in [0.15, 0.2) is 0 Å². The van der Waals surface area contributed by atoms with E-state index in [4.69, 9.17) is 0 Å². The van der Waals surface area contributed by atoms with Crippen molar-refractivity contribution in [3.63, 3.8) is 0 Å². The predicted molar refractivity (Wildman–Crippen MR) is 82.8 cm³/mol. The normalized spacial score (nSPS) is 15.8. The number of carbonyl (C=O) groups is 2. The van der Waals surface area contributed by atoms with E-state index in [1.807, 2.05) is 0 Å². The monoisotopic (exact) mass is 328 g/mol. The number of hydrogen-bond donors (Lipinski definition) is 1. The van der Waals surface area contributed by atoms with Crippen molar-refractivity contribution in [2.45, 2.75) is 18.9 Å². The molecule has 1 aliphatic carbocycles. The van der Waals surface area contributed by atoms with Crippen LogP contribution in [-0.2, 0) is 11.2 Å². The van der Waals surface area contributed by atoms with Crippen LogP contribution in [0.25, 0.3) is 0 Å². The summed E-state index contributed by atoms with van der Waals surface area (Å²) in [6.45, 7) is -0.634. The Morgan fingerprint density at radius 2 is 1.92 bits per heavy atom. The second-order valence-electron chi connectivity index (χ2n) is 5.71. The van der Waals surface area contributed by atoms with E-state index < -0.39 is 30.3 Å². The topological polar surface area (TPSA) is 80.7 Å². The van der Waals surface area contributed by atoms with Gasteiger partial charge in [0.25, 0.3) is 5.91 Å². The number of benzene rings is 2. The second-order valence-corrected chi connectivity index (χ2v) is 5.71. The number of halogens is 1. The highest BCUT2D eigenvalue weighted by molar-refractivity contribution is 6.08. The van der Waals surface area contributed by atoms with Crippen molar-refractivity contribution in [2.24, 2.45) is 0 Å². The van der Waals surface area contributed by atoms with Crippen molar-refractivity contribution >= 4 is 17.6 Å². The largest absolute Gasteiger partial charge is 0.548 e. The maximum Gasteiger partial charge on any atom is 0.258 e. The van der Waals surface area contributed by atoms with Gasteiger partial charge in [-0.25, -0.2) is 4.39 Å². The lowest BCUT2D eigenvalue weighted by molar-refractivity contribution is -0.303. The number of amides is 1. The molecule has 2 aromatic rings. The first-order valence-corrected chi connectivity index (χ1v) is 7.54. The van der Waals surface area contributed by atoms with E-state index in [1.165, 1.54) is 12.1 Å². The van der Waals surface area contributed by atoms with Crippen LogP contribution in [-0.4, -0.2) is 23.5 Å². The fourth-order valence-corrected chi connectivity index (χ4v) is 2.89. The van der Waals surface area contributed by atoms with Crippen LogP contribution >= 0.6 is 0 Å². The standard InChI is InChI=1S/C18H16FNO4/c19-13-5-1-12(2-6-13)18(24)20(10-17(22)23)14-7-3-11-4-8-16(21)15(11)9-14/h1-3,5-7,9,16,21H,4,8,10H2,(H,22,23)/p-1. The summed E-state index contributed by atoms with van der Waals surface area (Å²) in [5, 5.41) is 21.0. The van der Waals surface area contributed by atoms with E-state index in [-0.39, 0.29) is 5.56 Å². The van der Waals surface area contributed by atoms with Crippen LogP contribution in [0.1, 0.15) is 34.0 Å². The van der Waals surface area contributed by atoms with Gasteiger partial charge in [-0.3, -0.25) is 4.79 Å². The molecule has 1 amide bonds. The van der Waals surface area contributed by atoms with Crippen LogP contribution in [0.2, 0.25) is 0 Å². The number of aryl methyl sites for hydroxylation is 1. The Morgan fingerprint density at radius 1 is 1.21 bits per heavy atom. The van der Waals surface area contributed by atoms with Gasteiger partial charge in [-0.2, -0.15) is 0 Å². The molecule has 2 aromatic carbocycles. The first-order valence-electron chi connectivity index (χ1n) is 7.54. The van der Waals surface area contributed by atoms with Crippen LogP contribution in [0.3, 0.4) is 0 Å². The number of carboxylic acid groups (broad SMARTS) is 1. The summed E-state index contributed by atoms with van der Waals surface area (Å²) in [6.07, 6.45) is 0.722. The van der Waals surface area contributed by atoms with Gasteiger partial charge in [0.1, 0.15) is 5.82 Å². The molecule has 1 unspecified atom stereocenters. The summed E-state index contributed by atoms with van der Waals surface area (Å²) < 4.78 is 13.0. The summed E-state index contributed by atoms with van der Waals surface area (Å²) in [7, 11) is 0. The van der Waals surface area contributed by atoms with Crippen LogP contribution in [0.5, 0.6) is 0 Å². The number of rotatable bonds is 4. The van der Waals surface area contributed by atoms with Gasteiger partial charge >= 0.3 is 0 Å². The van der Waals surface area contributed by atoms with Crippen LogP contribution in [0.4, 0.5) is 10.1 Å². The molecule has 3 rings (SSSR count). The molecule has 0 saturated heterocycles. The Balaban J connectivity index is 1.97. The zero-order chi connectivity index (χ0) is 17.3. The molecule has 24 heavy (non-hydrogen) atoms. The molecule has 5 nitrogen and oxygen atoms in total. The number of aliphatic hydroxyl groups is 1. The number of aliphatic carboxylic acids is 1. The third kappa shape index (κ3) is 3.14. The van der Waals surface area contributed by atoms with Gasteiger partial charge in [-0.1, -0.05) is 6.07 Å². The summed E-state index contributed by atoms with van der Waals surface area (Å²) in [6, 6.07) is 9.90. The zero-order valence-electron chi connectivity index (χ0n) is 12.7. The fourth-order valence-electron chi connectivity index (χ4n) is 2.89. The van der Waals surface area contributed by atoms with Crippen molar-refractivity contribution in [3.05, 3.63) is 65.0 Å². The van der Waals surface area contributed by atoms with Crippen LogP contribution in [0, 0.1) is 5.82 Å². The zero-order valence-corrected chi connectivity index (χ0v) is 12.7. The number of carboxylic acids is 1. The van der Waals surface area contributed by atoms with E-state index in [9.17, 15) is 24.2 Å². The maximum atomic E-state index is 13.0. The molecule has 0 bridgehead atoms.